The number of oxime groups is 1. The van der Waals surface area contributed by atoms with Crippen LogP contribution in [0.15, 0.2) is 114 Å². The number of hydrogen-bond donors (Lipinski definition) is 2. The molecule has 4 aromatic carbocycles. The molecule has 0 spiro atoms. The molecular formula is C50H58N4O9. The third-order valence-electron chi connectivity index (χ3n) is 13.2. The number of aliphatic hydroxyl groups is 2. The number of aliphatic hydroxyl groups excluding tert-OH is 2. The monoisotopic (exact) mass is 858 g/mol. The Morgan fingerprint density at radius 2 is 1.76 bits per heavy atom. The highest BCUT2D eigenvalue weighted by molar-refractivity contribution is 6.04. The van der Waals surface area contributed by atoms with Crippen LogP contribution in [-0.2, 0) is 16.2 Å². The average Bonchev–Trinajstić information content (AvgIpc) is 4.14. The Balaban J connectivity index is 1.27. The number of non-ortho nitro benzene ring substituents is 1. The molecule has 2 aliphatic heterocycles. The second-order valence-corrected chi connectivity index (χ2v) is 17.1. The van der Waals surface area contributed by atoms with Crippen molar-refractivity contribution >= 4 is 28.1 Å². The number of nitro groups is 1. The number of nitro benzene ring substituents is 1. The highest BCUT2D eigenvalue weighted by atomic mass is 16.7. The Bertz CT molecular complexity index is 2330. The summed E-state index contributed by atoms with van der Waals surface area (Å²) in [6.45, 7) is 8.01. The van der Waals surface area contributed by atoms with Crippen LogP contribution < -0.4 is 9.47 Å². The number of rotatable bonds is 21. The molecule has 0 radical (unpaired) electrons. The molecule has 13 nitrogen and oxygen atoms in total. The number of unbranched alkanes of at least 4 members (excludes halogenated alkanes) is 2. The van der Waals surface area contributed by atoms with E-state index >= 15 is 0 Å². The summed E-state index contributed by atoms with van der Waals surface area (Å²) in [6.07, 6.45) is 8.82. The second-order valence-electron chi connectivity index (χ2n) is 17.1. The maximum Gasteiger partial charge on any atom is 0.269 e. The summed E-state index contributed by atoms with van der Waals surface area (Å²) in [5.74, 6) is -0.738. The van der Waals surface area contributed by atoms with Crippen LogP contribution in [0.2, 0.25) is 0 Å². The zero-order valence-electron chi connectivity index (χ0n) is 36.0. The summed E-state index contributed by atoms with van der Waals surface area (Å²) in [4.78, 5) is 36.0. The van der Waals surface area contributed by atoms with Gasteiger partial charge in [-0.25, -0.2) is 0 Å². The van der Waals surface area contributed by atoms with Crippen LogP contribution in [0.3, 0.4) is 0 Å². The fourth-order valence-electron chi connectivity index (χ4n) is 9.97. The maximum absolute atomic E-state index is 14.9. The molecular weight excluding hydrogens is 801 g/mol. The predicted molar refractivity (Wildman–Crippen MR) is 241 cm³/mol. The Hall–Kier alpha value is -5.60. The largest absolute Gasteiger partial charge is 0.492 e. The molecule has 0 aromatic heterocycles. The number of carbonyl (C=O) groups is 1. The number of ether oxygens (including phenoxy) is 3. The summed E-state index contributed by atoms with van der Waals surface area (Å²) >= 11 is 0. The molecule has 1 saturated heterocycles. The molecule has 13 heteroatoms. The molecule has 0 bridgehead atoms. The number of nitrogens with zero attached hydrogens (tertiary/aromatic N) is 4. The molecule has 4 aromatic rings. The Morgan fingerprint density at radius 1 is 1.00 bits per heavy atom. The minimum absolute atomic E-state index is 0.0128. The Kier molecular flexibility index (Phi) is 13.9. The molecule has 2 heterocycles. The van der Waals surface area contributed by atoms with Gasteiger partial charge in [-0.1, -0.05) is 60.5 Å². The van der Waals surface area contributed by atoms with Crippen molar-refractivity contribution in [3.63, 3.8) is 0 Å². The first kappa shape index (κ1) is 44.0. The van der Waals surface area contributed by atoms with Crippen molar-refractivity contribution in [2.45, 2.75) is 69.3 Å². The van der Waals surface area contributed by atoms with E-state index in [0.29, 0.717) is 42.0 Å². The zero-order chi connectivity index (χ0) is 43.9. The van der Waals surface area contributed by atoms with E-state index in [1.165, 1.54) is 12.1 Å². The van der Waals surface area contributed by atoms with Gasteiger partial charge in [0.25, 0.3) is 11.6 Å². The molecule has 63 heavy (non-hydrogen) atoms. The van der Waals surface area contributed by atoms with Crippen molar-refractivity contribution < 1.29 is 39.0 Å². The molecule has 2 N–H and O–H groups in total. The van der Waals surface area contributed by atoms with Crippen molar-refractivity contribution in [3.05, 3.63) is 136 Å². The fraction of sp³-hybridized carbons (Fsp3) is 0.440. The van der Waals surface area contributed by atoms with Gasteiger partial charge in [-0.2, -0.15) is 0 Å². The van der Waals surface area contributed by atoms with Gasteiger partial charge >= 0.3 is 0 Å². The van der Waals surface area contributed by atoms with Gasteiger partial charge in [0.05, 0.1) is 23.2 Å². The van der Waals surface area contributed by atoms with Gasteiger partial charge in [-0.3, -0.25) is 19.8 Å². The van der Waals surface area contributed by atoms with Crippen LogP contribution in [0.1, 0.15) is 72.3 Å². The predicted octanol–water partition coefficient (Wildman–Crippen LogP) is 8.05. The molecule has 1 saturated carbocycles. The van der Waals surface area contributed by atoms with Crippen molar-refractivity contribution in [3.8, 4) is 11.5 Å². The topological polar surface area (TPSA) is 156 Å². The average molecular weight is 859 g/mol. The van der Waals surface area contributed by atoms with Gasteiger partial charge in [0.2, 0.25) is 5.79 Å². The number of carbonyl (C=O) groups excluding carboxylic acids is 1. The minimum Gasteiger partial charge on any atom is -0.492 e. The lowest BCUT2D eigenvalue weighted by molar-refractivity contribution is -0.384. The van der Waals surface area contributed by atoms with E-state index in [9.17, 15) is 25.1 Å². The molecule has 2 fully saturated rings. The Morgan fingerprint density at radius 3 is 2.49 bits per heavy atom. The lowest BCUT2D eigenvalue weighted by Gasteiger charge is -2.59. The van der Waals surface area contributed by atoms with E-state index in [4.69, 9.17) is 24.2 Å². The Labute approximate surface area is 368 Å². The van der Waals surface area contributed by atoms with Gasteiger partial charge in [0.1, 0.15) is 30.8 Å². The standard InChI is InChI=1S/C50H58N4O9/c1-3-27-61-50-46(52(2)49(57)38-17-16-35-10-4-5-11-36(35)29-38)32-44(51-62-33-34-14-18-39(19-15-34)54(58)59)42-30-37(12-6-8-25-55)41(13-7-9-26-56)47(48(42)50)43-31-40(20-21-45(43)63-50)60-28-24-53-22-23-53/h3-5,10-11,14-21,29-31,37,41,46-48,55-56H,1,6-9,12-13,22-28,32-33H2,2H3/t37-,41+,46-,47+,48+,50+/m0/s1. The van der Waals surface area contributed by atoms with Gasteiger partial charge in [0.15, 0.2) is 0 Å². The summed E-state index contributed by atoms with van der Waals surface area (Å²) in [7, 11) is 1.80. The molecule has 8 rings (SSSR count). The summed E-state index contributed by atoms with van der Waals surface area (Å²) in [5, 5.41) is 38.1. The van der Waals surface area contributed by atoms with Crippen molar-refractivity contribution in [1.82, 2.24) is 9.80 Å². The van der Waals surface area contributed by atoms with Gasteiger partial charge in [-0.15, -0.1) is 6.58 Å². The first-order valence-corrected chi connectivity index (χ1v) is 22.3. The van der Waals surface area contributed by atoms with E-state index in [-0.39, 0.29) is 62.2 Å². The van der Waals surface area contributed by atoms with Crippen molar-refractivity contribution in [2.75, 3.05) is 53.1 Å². The van der Waals surface area contributed by atoms with Crippen molar-refractivity contribution in [2.24, 2.45) is 22.9 Å². The first-order valence-electron chi connectivity index (χ1n) is 22.3. The summed E-state index contributed by atoms with van der Waals surface area (Å²) in [5.41, 5.74) is 3.79. The van der Waals surface area contributed by atoms with Gasteiger partial charge in [-0.05, 0) is 102 Å². The van der Waals surface area contributed by atoms with E-state index in [1.807, 2.05) is 54.6 Å². The summed E-state index contributed by atoms with van der Waals surface area (Å²) < 4.78 is 20.8. The van der Waals surface area contributed by atoms with E-state index in [1.54, 1.807) is 30.2 Å². The van der Waals surface area contributed by atoms with Crippen LogP contribution >= 0.6 is 0 Å². The summed E-state index contributed by atoms with van der Waals surface area (Å²) in [6, 6.07) is 25.2. The highest BCUT2D eigenvalue weighted by Gasteiger charge is 2.65. The first-order chi connectivity index (χ1) is 30.7. The number of likely N-dealkylation sites (N-methyl/N-ethyl adjacent to an activating group) is 1. The maximum atomic E-state index is 14.9. The molecule has 2 aliphatic carbocycles. The third-order valence-corrected chi connectivity index (χ3v) is 13.2. The minimum atomic E-state index is -1.40. The number of allylic oxidation sites excluding steroid dienone is 1. The smallest absolute Gasteiger partial charge is 0.269 e. The molecule has 332 valence electrons. The number of benzene rings is 4. The van der Waals surface area contributed by atoms with Gasteiger partial charge < -0.3 is 34.2 Å². The fourth-order valence-corrected chi connectivity index (χ4v) is 9.97. The van der Waals surface area contributed by atoms with Crippen LogP contribution in [0.4, 0.5) is 5.69 Å². The van der Waals surface area contributed by atoms with Gasteiger partial charge in [0, 0.05) is 75.5 Å². The molecule has 1 amide bonds. The lowest BCUT2D eigenvalue weighted by atomic mass is 9.55. The molecule has 6 atom stereocenters. The van der Waals surface area contributed by atoms with E-state index < -0.39 is 22.7 Å². The SMILES string of the molecule is C=CCO[C@@]12Oc3ccc(OCCN4CC4)cc3[C@H]3[C@H](CCCCO)[C@@H](CCCCO)C=C(C(=NOCc4ccc([N+](=O)[O-])cc4)C[C@@H]1N(C)C(=O)c1ccc4ccccc4c1)[C@H]32. The van der Waals surface area contributed by atoms with Crippen LogP contribution in [0.5, 0.6) is 11.5 Å². The van der Waals surface area contributed by atoms with Crippen LogP contribution in [0.25, 0.3) is 10.8 Å². The lowest BCUT2D eigenvalue weighted by Crippen LogP contribution is -2.69. The number of hydrogen-bond acceptors (Lipinski definition) is 11. The second kappa shape index (κ2) is 19.8. The quantitative estimate of drug-likeness (QED) is 0.0277. The van der Waals surface area contributed by atoms with E-state index in [2.05, 4.69) is 23.6 Å². The van der Waals surface area contributed by atoms with Crippen molar-refractivity contribution in [1.29, 1.82) is 0 Å². The molecule has 0 unspecified atom stereocenters. The van der Waals surface area contributed by atoms with E-state index in [0.717, 1.165) is 73.0 Å². The normalized spacial score (nSPS) is 24.1. The zero-order valence-corrected chi connectivity index (χ0v) is 36.0. The molecule has 4 aliphatic rings. The third kappa shape index (κ3) is 9.52. The number of fused-ring (bicyclic) bond motifs is 3. The van der Waals surface area contributed by atoms with Crippen LogP contribution in [0, 0.1) is 27.9 Å². The van der Waals surface area contributed by atoms with Crippen LogP contribution in [-0.4, -0.2) is 101 Å². The number of amides is 1. The highest BCUT2D eigenvalue weighted by Crippen LogP contribution is 2.62.